The first-order valence-corrected chi connectivity index (χ1v) is 6.05. The molecular weight excluding hydrogens is 174 g/mol. The highest BCUT2D eigenvalue weighted by atomic mass is 16.5. The minimum Gasteiger partial charge on any atom is -0.377 e. The molecule has 1 saturated carbocycles. The summed E-state index contributed by atoms with van der Waals surface area (Å²) in [5, 5.41) is 3.67. The topological polar surface area (TPSA) is 21.3 Å². The van der Waals surface area contributed by atoms with E-state index in [1.54, 1.807) is 0 Å². The van der Waals surface area contributed by atoms with Crippen LogP contribution >= 0.6 is 0 Å². The van der Waals surface area contributed by atoms with Crippen LogP contribution in [0.1, 0.15) is 46.0 Å². The van der Waals surface area contributed by atoms with Gasteiger partial charge in [-0.2, -0.15) is 0 Å². The summed E-state index contributed by atoms with van der Waals surface area (Å²) in [6.45, 7) is 6.67. The van der Waals surface area contributed by atoms with Crippen LogP contribution in [0.3, 0.4) is 0 Å². The number of hydrogen-bond donors (Lipinski definition) is 1. The lowest BCUT2D eigenvalue weighted by Crippen LogP contribution is -2.46. The molecule has 82 valence electrons. The molecule has 2 rings (SSSR count). The molecule has 1 atom stereocenters. The zero-order valence-corrected chi connectivity index (χ0v) is 9.51. The highest BCUT2D eigenvalue weighted by molar-refractivity contribution is 4.94. The summed E-state index contributed by atoms with van der Waals surface area (Å²) in [5.41, 5.74) is 0.334. The third-order valence-corrected chi connectivity index (χ3v) is 3.66. The van der Waals surface area contributed by atoms with Crippen LogP contribution in [0, 0.1) is 5.92 Å². The van der Waals surface area contributed by atoms with Gasteiger partial charge in [-0.25, -0.2) is 0 Å². The molecule has 2 nitrogen and oxygen atoms in total. The second-order valence-corrected chi connectivity index (χ2v) is 5.37. The van der Waals surface area contributed by atoms with Gasteiger partial charge in [-0.3, -0.25) is 0 Å². The maximum Gasteiger partial charge on any atom is 0.0699 e. The Morgan fingerprint density at radius 1 is 1.21 bits per heavy atom. The van der Waals surface area contributed by atoms with E-state index in [0.717, 1.165) is 19.1 Å². The fourth-order valence-electron chi connectivity index (χ4n) is 2.29. The molecule has 2 fully saturated rings. The van der Waals surface area contributed by atoms with Crippen LogP contribution in [0.5, 0.6) is 0 Å². The summed E-state index contributed by atoms with van der Waals surface area (Å²) in [6.07, 6.45) is 7.13. The van der Waals surface area contributed by atoms with E-state index in [-0.39, 0.29) is 0 Å². The number of ether oxygens (including phenoxy) is 1. The van der Waals surface area contributed by atoms with Gasteiger partial charge >= 0.3 is 0 Å². The Balaban J connectivity index is 1.69. The predicted octanol–water partition coefficient (Wildman–Crippen LogP) is 2.33. The van der Waals surface area contributed by atoms with Crippen molar-refractivity contribution >= 4 is 0 Å². The van der Waals surface area contributed by atoms with Gasteiger partial charge < -0.3 is 10.1 Å². The quantitative estimate of drug-likeness (QED) is 0.747. The van der Waals surface area contributed by atoms with E-state index in [9.17, 15) is 0 Å². The third kappa shape index (κ3) is 2.71. The Labute approximate surface area is 87.4 Å². The maximum atomic E-state index is 5.71. The SMILES string of the molecule is CC(C)(NCC1CCCCO1)C1CC1. The van der Waals surface area contributed by atoms with Crippen molar-refractivity contribution in [1.29, 1.82) is 0 Å². The Morgan fingerprint density at radius 3 is 2.57 bits per heavy atom. The molecular formula is C12H23NO. The molecule has 1 unspecified atom stereocenters. The summed E-state index contributed by atoms with van der Waals surface area (Å²) >= 11 is 0. The molecule has 0 amide bonds. The molecule has 0 aromatic carbocycles. The van der Waals surface area contributed by atoms with E-state index < -0.39 is 0 Å². The number of rotatable bonds is 4. The molecule has 0 aromatic rings. The molecule has 0 bridgehead atoms. The van der Waals surface area contributed by atoms with Crippen molar-refractivity contribution in [3.63, 3.8) is 0 Å². The van der Waals surface area contributed by atoms with Gasteiger partial charge in [0.15, 0.2) is 0 Å². The van der Waals surface area contributed by atoms with Gasteiger partial charge in [-0.05, 0) is 51.9 Å². The van der Waals surface area contributed by atoms with Gasteiger partial charge in [-0.1, -0.05) is 0 Å². The first-order valence-electron chi connectivity index (χ1n) is 6.05. The van der Waals surface area contributed by atoms with E-state index in [4.69, 9.17) is 4.74 Å². The summed E-state index contributed by atoms with van der Waals surface area (Å²) in [5.74, 6) is 0.908. The standard InChI is InChI=1S/C12H23NO/c1-12(2,10-6-7-10)13-9-11-5-3-4-8-14-11/h10-11,13H,3-9H2,1-2H3. The zero-order valence-electron chi connectivity index (χ0n) is 9.51. The van der Waals surface area contributed by atoms with Gasteiger partial charge in [0, 0.05) is 18.7 Å². The van der Waals surface area contributed by atoms with Crippen molar-refractivity contribution in [2.24, 2.45) is 5.92 Å². The van der Waals surface area contributed by atoms with Crippen LogP contribution in [-0.4, -0.2) is 24.8 Å². The van der Waals surface area contributed by atoms with Gasteiger partial charge in [0.05, 0.1) is 6.10 Å². The van der Waals surface area contributed by atoms with Crippen molar-refractivity contribution in [3.05, 3.63) is 0 Å². The fourth-order valence-corrected chi connectivity index (χ4v) is 2.29. The Hall–Kier alpha value is -0.0800. The average molecular weight is 197 g/mol. The van der Waals surface area contributed by atoms with Crippen molar-refractivity contribution < 1.29 is 4.74 Å². The second kappa shape index (κ2) is 4.19. The predicted molar refractivity (Wildman–Crippen MR) is 58.4 cm³/mol. The van der Waals surface area contributed by atoms with Crippen LogP contribution in [0.15, 0.2) is 0 Å². The highest BCUT2D eigenvalue weighted by Gasteiger charge is 2.37. The largest absolute Gasteiger partial charge is 0.377 e. The molecule has 0 radical (unpaired) electrons. The monoisotopic (exact) mass is 197 g/mol. The summed E-state index contributed by atoms with van der Waals surface area (Å²) in [7, 11) is 0. The van der Waals surface area contributed by atoms with E-state index in [2.05, 4.69) is 19.2 Å². The lowest BCUT2D eigenvalue weighted by Gasteiger charge is -2.30. The minimum atomic E-state index is 0.334. The van der Waals surface area contributed by atoms with Crippen molar-refractivity contribution in [3.8, 4) is 0 Å². The minimum absolute atomic E-state index is 0.334. The average Bonchev–Trinajstić information content (AvgIpc) is 3.00. The normalized spacial score (nSPS) is 29.1. The molecule has 1 heterocycles. The zero-order chi connectivity index (χ0) is 10.0. The van der Waals surface area contributed by atoms with Crippen LogP contribution in [0.25, 0.3) is 0 Å². The van der Waals surface area contributed by atoms with Gasteiger partial charge in [0.1, 0.15) is 0 Å². The van der Waals surface area contributed by atoms with Crippen molar-refractivity contribution in [2.45, 2.75) is 57.6 Å². The smallest absolute Gasteiger partial charge is 0.0699 e. The molecule has 2 aliphatic rings. The maximum absolute atomic E-state index is 5.71. The van der Waals surface area contributed by atoms with E-state index >= 15 is 0 Å². The first kappa shape index (κ1) is 10.4. The molecule has 1 saturated heterocycles. The lowest BCUT2D eigenvalue weighted by molar-refractivity contribution is 0.0123. The van der Waals surface area contributed by atoms with Gasteiger partial charge in [0.2, 0.25) is 0 Å². The summed E-state index contributed by atoms with van der Waals surface area (Å²) in [6, 6.07) is 0. The van der Waals surface area contributed by atoms with Crippen LogP contribution in [-0.2, 0) is 4.74 Å². The second-order valence-electron chi connectivity index (χ2n) is 5.37. The molecule has 14 heavy (non-hydrogen) atoms. The Kier molecular flexibility index (Phi) is 3.13. The molecule has 1 aliphatic heterocycles. The van der Waals surface area contributed by atoms with Crippen LogP contribution in [0.2, 0.25) is 0 Å². The van der Waals surface area contributed by atoms with Crippen molar-refractivity contribution in [2.75, 3.05) is 13.2 Å². The van der Waals surface area contributed by atoms with Crippen LogP contribution < -0.4 is 5.32 Å². The Bertz CT molecular complexity index is 181. The van der Waals surface area contributed by atoms with Gasteiger partial charge in [-0.15, -0.1) is 0 Å². The lowest BCUT2D eigenvalue weighted by atomic mass is 9.98. The van der Waals surface area contributed by atoms with E-state index in [1.807, 2.05) is 0 Å². The Morgan fingerprint density at radius 2 is 2.00 bits per heavy atom. The van der Waals surface area contributed by atoms with E-state index in [0.29, 0.717) is 11.6 Å². The van der Waals surface area contributed by atoms with Crippen LogP contribution in [0.4, 0.5) is 0 Å². The molecule has 0 aromatic heterocycles. The molecule has 2 heteroatoms. The van der Waals surface area contributed by atoms with Gasteiger partial charge in [0.25, 0.3) is 0 Å². The summed E-state index contributed by atoms with van der Waals surface area (Å²) in [4.78, 5) is 0. The molecule has 1 aliphatic carbocycles. The van der Waals surface area contributed by atoms with E-state index in [1.165, 1.54) is 32.1 Å². The summed E-state index contributed by atoms with van der Waals surface area (Å²) < 4.78 is 5.71. The molecule has 0 spiro atoms. The number of hydrogen-bond acceptors (Lipinski definition) is 2. The highest BCUT2D eigenvalue weighted by Crippen LogP contribution is 2.39. The molecule has 1 N–H and O–H groups in total. The third-order valence-electron chi connectivity index (χ3n) is 3.66. The fraction of sp³-hybridized carbons (Fsp3) is 1.00. The first-order chi connectivity index (χ1) is 6.68. The number of nitrogens with one attached hydrogen (secondary N) is 1. The van der Waals surface area contributed by atoms with Crippen molar-refractivity contribution in [1.82, 2.24) is 5.32 Å².